The Bertz CT molecular complexity index is 774. The smallest absolute Gasteiger partial charge is 0.267 e. The zero-order chi connectivity index (χ0) is 16.9. The summed E-state index contributed by atoms with van der Waals surface area (Å²) in [5, 5.41) is 0. The summed E-state index contributed by atoms with van der Waals surface area (Å²) in [5.41, 5.74) is 0.563. The van der Waals surface area contributed by atoms with Gasteiger partial charge in [0, 0.05) is 13.2 Å². The third-order valence-electron chi connectivity index (χ3n) is 3.16. The van der Waals surface area contributed by atoms with Gasteiger partial charge in [-0.15, -0.1) is 0 Å². The van der Waals surface area contributed by atoms with E-state index in [1.165, 1.54) is 32.4 Å². The first-order valence-electron chi connectivity index (χ1n) is 6.76. The van der Waals surface area contributed by atoms with Crippen molar-refractivity contribution in [3.63, 3.8) is 0 Å². The van der Waals surface area contributed by atoms with E-state index in [1.54, 1.807) is 36.4 Å². The minimum Gasteiger partial charge on any atom is -0.497 e. The number of hydrogen-bond acceptors (Lipinski definition) is 5. The van der Waals surface area contributed by atoms with Crippen LogP contribution in [0.4, 0.5) is 0 Å². The predicted molar refractivity (Wildman–Crippen MR) is 84.5 cm³/mol. The second kappa shape index (κ2) is 7.26. The van der Waals surface area contributed by atoms with Crippen molar-refractivity contribution in [2.75, 3.05) is 14.2 Å². The molecule has 2 aromatic carbocycles. The van der Waals surface area contributed by atoms with Gasteiger partial charge in [0.05, 0.1) is 12.0 Å². The topological polar surface area (TPSA) is 81.7 Å². The first-order valence-corrected chi connectivity index (χ1v) is 8.24. The van der Waals surface area contributed by atoms with Crippen molar-refractivity contribution in [2.24, 2.45) is 0 Å². The van der Waals surface area contributed by atoms with Crippen LogP contribution in [0.15, 0.2) is 59.5 Å². The molecule has 0 fully saturated rings. The molecule has 2 aromatic rings. The number of methoxy groups -OCH3 is 2. The van der Waals surface area contributed by atoms with Gasteiger partial charge in [0.25, 0.3) is 15.9 Å². The van der Waals surface area contributed by atoms with E-state index in [-0.39, 0.29) is 4.90 Å². The van der Waals surface area contributed by atoms with E-state index in [4.69, 9.17) is 9.47 Å². The van der Waals surface area contributed by atoms with Crippen molar-refractivity contribution in [3.8, 4) is 5.75 Å². The SMILES string of the molecule is COc1cccc(S(=O)(=O)NC(=O)[C@@H](OC)c2ccccc2)c1. The lowest BCUT2D eigenvalue weighted by Gasteiger charge is -2.16. The van der Waals surface area contributed by atoms with Gasteiger partial charge >= 0.3 is 0 Å². The van der Waals surface area contributed by atoms with E-state index >= 15 is 0 Å². The van der Waals surface area contributed by atoms with Gasteiger partial charge in [0.1, 0.15) is 5.75 Å². The molecule has 2 rings (SSSR count). The molecule has 1 N–H and O–H groups in total. The number of hydrogen-bond donors (Lipinski definition) is 1. The van der Waals surface area contributed by atoms with Gasteiger partial charge in [-0.1, -0.05) is 36.4 Å². The van der Waals surface area contributed by atoms with E-state index < -0.39 is 22.0 Å². The third kappa shape index (κ3) is 4.08. The molecule has 0 aliphatic rings. The standard InChI is InChI=1S/C16H17NO5S/c1-21-13-9-6-10-14(11-13)23(19,20)17-16(18)15(22-2)12-7-4-3-5-8-12/h3-11,15H,1-2H3,(H,17,18)/t15-/m0/s1. The Labute approximate surface area is 135 Å². The Morgan fingerprint density at radius 3 is 2.35 bits per heavy atom. The number of carbonyl (C=O) groups is 1. The molecule has 0 bridgehead atoms. The number of ether oxygens (including phenoxy) is 2. The van der Waals surface area contributed by atoms with Gasteiger partial charge in [0.15, 0.2) is 6.10 Å². The van der Waals surface area contributed by atoms with Gasteiger partial charge in [0.2, 0.25) is 0 Å². The van der Waals surface area contributed by atoms with Crippen LogP contribution in [0.3, 0.4) is 0 Å². The third-order valence-corrected chi connectivity index (χ3v) is 4.51. The van der Waals surface area contributed by atoms with Crippen molar-refractivity contribution in [3.05, 3.63) is 60.2 Å². The first kappa shape index (κ1) is 17.0. The summed E-state index contributed by atoms with van der Waals surface area (Å²) in [6.07, 6.45) is -1.02. The number of rotatable bonds is 6. The number of amides is 1. The summed E-state index contributed by atoms with van der Waals surface area (Å²) in [5.74, 6) is -0.381. The second-order valence-electron chi connectivity index (χ2n) is 4.68. The van der Waals surface area contributed by atoms with Crippen molar-refractivity contribution in [2.45, 2.75) is 11.0 Å². The molecule has 0 saturated carbocycles. The largest absolute Gasteiger partial charge is 0.497 e. The Kier molecular flexibility index (Phi) is 5.36. The highest BCUT2D eigenvalue weighted by molar-refractivity contribution is 7.90. The summed E-state index contributed by atoms with van der Waals surface area (Å²) in [6.45, 7) is 0. The van der Waals surface area contributed by atoms with Crippen molar-refractivity contribution < 1.29 is 22.7 Å². The highest BCUT2D eigenvalue weighted by atomic mass is 32.2. The zero-order valence-corrected chi connectivity index (χ0v) is 13.5. The highest BCUT2D eigenvalue weighted by Gasteiger charge is 2.26. The molecule has 0 aliphatic carbocycles. The lowest BCUT2D eigenvalue weighted by molar-refractivity contribution is -0.129. The van der Waals surface area contributed by atoms with Crippen LogP contribution < -0.4 is 9.46 Å². The Morgan fingerprint density at radius 1 is 1.04 bits per heavy atom. The first-order chi connectivity index (χ1) is 11.0. The van der Waals surface area contributed by atoms with Crippen molar-refractivity contribution in [1.82, 2.24) is 4.72 Å². The molecule has 0 heterocycles. The monoisotopic (exact) mass is 335 g/mol. The number of benzene rings is 2. The number of carbonyl (C=O) groups excluding carboxylic acids is 1. The van der Waals surface area contributed by atoms with Crippen molar-refractivity contribution >= 4 is 15.9 Å². The number of sulfonamides is 1. The lowest BCUT2D eigenvalue weighted by Crippen LogP contribution is -2.35. The van der Waals surface area contributed by atoms with E-state index in [2.05, 4.69) is 0 Å². The highest BCUT2D eigenvalue weighted by Crippen LogP contribution is 2.20. The van der Waals surface area contributed by atoms with E-state index in [9.17, 15) is 13.2 Å². The van der Waals surface area contributed by atoms with Crippen LogP contribution in [0, 0.1) is 0 Å². The Balaban J connectivity index is 2.23. The van der Waals surface area contributed by atoms with Crippen LogP contribution in [0.5, 0.6) is 5.75 Å². The molecule has 1 amide bonds. The Morgan fingerprint density at radius 2 is 1.74 bits per heavy atom. The van der Waals surface area contributed by atoms with Crippen LogP contribution in [-0.2, 0) is 19.6 Å². The van der Waals surface area contributed by atoms with Crippen LogP contribution >= 0.6 is 0 Å². The van der Waals surface area contributed by atoms with Gasteiger partial charge in [-0.3, -0.25) is 4.79 Å². The van der Waals surface area contributed by atoms with Gasteiger partial charge in [-0.2, -0.15) is 0 Å². The molecular weight excluding hydrogens is 318 g/mol. The van der Waals surface area contributed by atoms with Gasteiger partial charge in [-0.05, 0) is 17.7 Å². The molecule has 6 nitrogen and oxygen atoms in total. The maximum Gasteiger partial charge on any atom is 0.267 e. The average molecular weight is 335 g/mol. The molecule has 0 aliphatic heterocycles. The molecule has 0 radical (unpaired) electrons. The van der Waals surface area contributed by atoms with Gasteiger partial charge < -0.3 is 9.47 Å². The van der Waals surface area contributed by atoms with Gasteiger partial charge in [-0.25, -0.2) is 13.1 Å². The molecule has 0 saturated heterocycles. The second-order valence-corrected chi connectivity index (χ2v) is 6.36. The van der Waals surface area contributed by atoms with E-state index in [0.717, 1.165) is 0 Å². The molecule has 0 spiro atoms. The summed E-state index contributed by atoms with van der Waals surface area (Å²) in [4.78, 5) is 12.2. The summed E-state index contributed by atoms with van der Waals surface area (Å²) < 4.78 is 36.8. The maximum absolute atomic E-state index is 12.3. The minimum atomic E-state index is -4.01. The Hall–Kier alpha value is -2.38. The summed E-state index contributed by atoms with van der Waals surface area (Å²) in [7, 11) is -1.24. The van der Waals surface area contributed by atoms with Crippen LogP contribution in [0.2, 0.25) is 0 Å². The fourth-order valence-corrected chi connectivity index (χ4v) is 3.05. The fraction of sp³-hybridized carbons (Fsp3) is 0.188. The van der Waals surface area contributed by atoms with Crippen LogP contribution in [0.1, 0.15) is 11.7 Å². The minimum absolute atomic E-state index is 0.0619. The van der Waals surface area contributed by atoms with Crippen molar-refractivity contribution in [1.29, 1.82) is 0 Å². The molecule has 23 heavy (non-hydrogen) atoms. The molecule has 122 valence electrons. The maximum atomic E-state index is 12.3. The summed E-state index contributed by atoms with van der Waals surface area (Å²) in [6, 6.07) is 14.5. The van der Waals surface area contributed by atoms with Crippen LogP contribution in [0.25, 0.3) is 0 Å². The van der Waals surface area contributed by atoms with E-state index in [0.29, 0.717) is 11.3 Å². The van der Waals surface area contributed by atoms with E-state index in [1.807, 2.05) is 4.72 Å². The molecule has 1 atom stereocenters. The molecular formula is C16H17NO5S. The zero-order valence-electron chi connectivity index (χ0n) is 12.7. The average Bonchev–Trinajstić information content (AvgIpc) is 2.56. The predicted octanol–water partition coefficient (Wildman–Crippen LogP) is 1.89. The molecule has 0 aromatic heterocycles. The van der Waals surface area contributed by atoms with Crippen LogP contribution in [-0.4, -0.2) is 28.5 Å². The normalized spacial score (nSPS) is 12.4. The molecule has 0 unspecified atom stereocenters. The summed E-state index contributed by atoms with van der Waals surface area (Å²) >= 11 is 0. The number of nitrogens with one attached hydrogen (secondary N) is 1. The lowest BCUT2D eigenvalue weighted by atomic mass is 10.1. The fourth-order valence-electron chi connectivity index (χ4n) is 2.04. The molecule has 7 heteroatoms. The quantitative estimate of drug-likeness (QED) is 0.872.